The lowest BCUT2D eigenvalue weighted by atomic mass is 9.81. The zero-order valence-corrected chi connectivity index (χ0v) is 9.76. The molecule has 2 heterocycles. The molecule has 2 saturated heterocycles. The highest BCUT2D eigenvalue weighted by Gasteiger charge is 2.38. The van der Waals surface area contributed by atoms with Crippen LogP contribution in [0.25, 0.3) is 0 Å². The van der Waals surface area contributed by atoms with Crippen LogP contribution in [0.2, 0.25) is 0 Å². The maximum atomic E-state index is 6.01. The molecule has 3 heteroatoms. The quantitative estimate of drug-likeness (QED) is 0.772. The summed E-state index contributed by atoms with van der Waals surface area (Å²) >= 11 is 0. The van der Waals surface area contributed by atoms with Gasteiger partial charge >= 0.3 is 0 Å². The second-order valence-corrected chi connectivity index (χ2v) is 4.81. The molecule has 1 spiro atoms. The first-order valence-corrected chi connectivity index (χ1v) is 6.27. The van der Waals surface area contributed by atoms with Gasteiger partial charge in [0.1, 0.15) is 0 Å². The third kappa shape index (κ3) is 2.92. The van der Waals surface area contributed by atoms with E-state index in [9.17, 15) is 0 Å². The van der Waals surface area contributed by atoms with E-state index in [0.29, 0.717) is 0 Å². The van der Waals surface area contributed by atoms with Crippen molar-refractivity contribution < 1.29 is 9.47 Å². The predicted molar refractivity (Wildman–Crippen MR) is 60.0 cm³/mol. The molecular weight excluding hydrogens is 190 g/mol. The Labute approximate surface area is 92.5 Å². The summed E-state index contributed by atoms with van der Waals surface area (Å²) in [7, 11) is 0. The van der Waals surface area contributed by atoms with Crippen LogP contribution in [0.1, 0.15) is 32.6 Å². The van der Waals surface area contributed by atoms with Crippen molar-refractivity contribution in [3.05, 3.63) is 0 Å². The van der Waals surface area contributed by atoms with Gasteiger partial charge in [0.25, 0.3) is 0 Å². The number of hydrogen-bond acceptors (Lipinski definition) is 3. The summed E-state index contributed by atoms with van der Waals surface area (Å²) in [5, 5.41) is 3.45. The van der Waals surface area contributed by atoms with E-state index in [1.54, 1.807) is 0 Å². The van der Waals surface area contributed by atoms with Gasteiger partial charge in [-0.15, -0.1) is 0 Å². The number of nitrogens with one attached hydrogen (secondary N) is 1. The lowest BCUT2D eigenvalue weighted by Gasteiger charge is -2.43. The topological polar surface area (TPSA) is 30.5 Å². The maximum Gasteiger partial charge on any atom is 0.0729 e. The van der Waals surface area contributed by atoms with Crippen LogP contribution in [0.15, 0.2) is 0 Å². The van der Waals surface area contributed by atoms with Crippen molar-refractivity contribution >= 4 is 0 Å². The fourth-order valence-electron chi connectivity index (χ4n) is 2.74. The minimum absolute atomic E-state index is 0.163. The van der Waals surface area contributed by atoms with Crippen LogP contribution >= 0.6 is 0 Å². The van der Waals surface area contributed by atoms with Gasteiger partial charge in [-0.2, -0.15) is 0 Å². The molecule has 0 aromatic carbocycles. The lowest BCUT2D eigenvalue weighted by molar-refractivity contribution is -0.146. The van der Waals surface area contributed by atoms with Crippen molar-refractivity contribution in [1.82, 2.24) is 5.32 Å². The largest absolute Gasteiger partial charge is 0.381 e. The van der Waals surface area contributed by atoms with Crippen LogP contribution < -0.4 is 5.32 Å². The fraction of sp³-hybridized carbons (Fsp3) is 1.00. The Morgan fingerprint density at radius 1 is 1.27 bits per heavy atom. The Morgan fingerprint density at radius 3 is 2.80 bits per heavy atom. The van der Waals surface area contributed by atoms with E-state index in [1.165, 1.54) is 12.8 Å². The number of ether oxygens (including phenoxy) is 2. The van der Waals surface area contributed by atoms with Crippen molar-refractivity contribution in [3.63, 3.8) is 0 Å². The molecular formula is C12H23NO2. The van der Waals surface area contributed by atoms with Gasteiger partial charge in [0.15, 0.2) is 0 Å². The first-order chi connectivity index (χ1) is 7.35. The first-order valence-electron chi connectivity index (χ1n) is 6.27. The van der Waals surface area contributed by atoms with Gasteiger partial charge in [0, 0.05) is 19.8 Å². The third-order valence-corrected chi connectivity index (χ3v) is 3.68. The van der Waals surface area contributed by atoms with Crippen molar-refractivity contribution in [1.29, 1.82) is 0 Å². The molecule has 15 heavy (non-hydrogen) atoms. The highest BCUT2D eigenvalue weighted by molar-refractivity contribution is 4.89. The summed E-state index contributed by atoms with van der Waals surface area (Å²) in [5.41, 5.74) is 0.163. The summed E-state index contributed by atoms with van der Waals surface area (Å²) in [4.78, 5) is 0. The first kappa shape index (κ1) is 11.4. The van der Waals surface area contributed by atoms with E-state index in [1.807, 2.05) is 0 Å². The molecule has 2 aliphatic heterocycles. The fourth-order valence-corrected chi connectivity index (χ4v) is 2.74. The normalized spacial score (nSPS) is 30.6. The van der Waals surface area contributed by atoms with Crippen LogP contribution in [0.4, 0.5) is 0 Å². The highest BCUT2D eigenvalue weighted by Crippen LogP contribution is 2.36. The average Bonchev–Trinajstić information content (AvgIpc) is 2.28. The minimum Gasteiger partial charge on any atom is -0.381 e. The zero-order chi connectivity index (χ0) is 10.6. The predicted octanol–water partition coefficient (Wildman–Crippen LogP) is 1.57. The molecule has 1 N–H and O–H groups in total. The minimum atomic E-state index is 0.163. The molecule has 0 bridgehead atoms. The van der Waals surface area contributed by atoms with Gasteiger partial charge in [-0.3, -0.25) is 0 Å². The van der Waals surface area contributed by atoms with Crippen LogP contribution in [-0.2, 0) is 9.47 Å². The van der Waals surface area contributed by atoms with Crippen LogP contribution in [-0.4, -0.2) is 38.5 Å². The molecule has 0 aliphatic carbocycles. The molecule has 88 valence electrons. The Kier molecular flexibility index (Phi) is 4.00. The summed E-state index contributed by atoms with van der Waals surface area (Å²) in [6, 6.07) is 0. The van der Waals surface area contributed by atoms with Crippen molar-refractivity contribution in [2.24, 2.45) is 5.92 Å². The van der Waals surface area contributed by atoms with Crippen molar-refractivity contribution in [2.75, 3.05) is 32.9 Å². The van der Waals surface area contributed by atoms with E-state index >= 15 is 0 Å². The summed E-state index contributed by atoms with van der Waals surface area (Å²) < 4.78 is 11.4. The van der Waals surface area contributed by atoms with E-state index < -0.39 is 0 Å². The summed E-state index contributed by atoms with van der Waals surface area (Å²) in [6.07, 6.45) is 4.63. The van der Waals surface area contributed by atoms with Crippen molar-refractivity contribution in [3.8, 4) is 0 Å². The van der Waals surface area contributed by atoms with Gasteiger partial charge in [0.05, 0.1) is 5.60 Å². The molecule has 0 radical (unpaired) electrons. The summed E-state index contributed by atoms with van der Waals surface area (Å²) in [6.45, 7) is 7.11. The molecule has 0 aromatic heterocycles. The van der Waals surface area contributed by atoms with Crippen LogP contribution in [0.3, 0.4) is 0 Å². The molecule has 2 rings (SSSR count). The van der Waals surface area contributed by atoms with E-state index in [4.69, 9.17) is 9.47 Å². The van der Waals surface area contributed by atoms with Gasteiger partial charge in [-0.05, 0) is 44.7 Å². The maximum absolute atomic E-state index is 6.01. The van der Waals surface area contributed by atoms with Gasteiger partial charge in [0.2, 0.25) is 0 Å². The van der Waals surface area contributed by atoms with Crippen LogP contribution in [0, 0.1) is 5.92 Å². The van der Waals surface area contributed by atoms with E-state index in [2.05, 4.69) is 12.2 Å². The Morgan fingerprint density at radius 2 is 2.07 bits per heavy atom. The molecule has 1 atom stereocenters. The Balaban J connectivity index is 1.85. The zero-order valence-electron chi connectivity index (χ0n) is 9.76. The second kappa shape index (κ2) is 5.28. The highest BCUT2D eigenvalue weighted by atomic mass is 16.5. The number of hydrogen-bond donors (Lipinski definition) is 1. The Bertz CT molecular complexity index is 185. The molecule has 0 aromatic rings. The van der Waals surface area contributed by atoms with Gasteiger partial charge in [-0.25, -0.2) is 0 Å². The smallest absolute Gasteiger partial charge is 0.0729 e. The van der Waals surface area contributed by atoms with Crippen LogP contribution in [0.5, 0.6) is 0 Å². The molecule has 3 nitrogen and oxygen atoms in total. The molecule has 1 unspecified atom stereocenters. The number of rotatable bonds is 3. The molecule has 2 fully saturated rings. The van der Waals surface area contributed by atoms with Gasteiger partial charge < -0.3 is 14.8 Å². The second-order valence-electron chi connectivity index (χ2n) is 4.81. The van der Waals surface area contributed by atoms with E-state index in [0.717, 1.165) is 51.7 Å². The summed E-state index contributed by atoms with van der Waals surface area (Å²) in [5.74, 6) is 0.803. The SMILES string of the molecule is CCNCC1CCOC2(CCOCC2)C1. The molecule has 2 aliphatic rings. The molecule has 0 saturated carbocycles. The van der Waals surface area contributed by atoms with Crippen molar-refractivity contribution in [2.45, 2.75) is 38.2 Å². The lowest BCUT2D eigenvalue weighted by Crippen LogP contribution is -2.46. The third-order valence-electron chi connectivity index (χ3n) is 3.68. The Hall–Kier alpha value is -0.120. The average molecular weight is 213 g/mol. The van der Waals surface area contributed by atoms with Gasteiger partial charge in [-0.1, -0.05) is 6.92 Å². The van der Waals surface area contributed by atoms with E-state index in [-0.39, 0.29) is 5.60 Å². The monoisotopic (exact) mass is 213 g/mol. The standard InChI is InChI=1S/C12H23NO2/c1-2-13-10-11-3-6-15-12(9-11)4-7-14-8-5-12/h11,13H,2-10H2,1H3. The molecule has 0 amide bonds.